The van der Waals surface area contributed by atoms with E-state index in [1.807, 2.05) is 0 Å². The van der Waals surface area contributed by atoms with Gasteiger partial charge in [-0.25, -0.2) is 22.9 Å². The van der Waals surface area contributed by atoms with Crippen LogP contribution in [0, 0.1) is 0 Å². The molecule has 1 aliphatic rings. The van der Waals surface area contributed by atoms with Crippen molar-refractivity contribution in [1.29, 1.82) is 0 Å². The molecule has 4 aromatic rings. The number of rotatable bonds is 6. The summed E-state index contributed by atoms with van der Waals surface area (Å²) in [4.78, 5) is 20.7. The van der Waals surface area contributed by atoms with Gasteiger partial charge in [-0.15, -0.1) is 11.3 Å². The number of nitrogens with one attached hydrogen (secondary N) is 2. The van der Waals surface area contributed by atoms with Crippen molar-refractivity contribution in [3.8, 4) is 0 Å². The fourth-order valence-electron chi connectivity index (χ4n) is 3.26. The van der Waals surface area contributed by atoms with Gasteiger partial charge in [-0.3, -0.25) is 9.52 Å². The van der Waals surface area contributed by atoms with Crippen molar-refractivity contribution in [3.63, 3.8) is 0 Å². The van der Waals surface area contributed by atoms with Gasteiger partial charge < -0.3 is 5.32 Å². The van der Waals surface area contributed by atoms with Crippen LogP contribution in [0.1, 0.15) is 40.6 Å². The van der Waals surface area contributed by atoms with Crippen LogP contribution in [0.25, 0.3) is 5.65 Å². The Bertz CT molecular complexity index is 1480. The highest BCUT2D eigenvalue weighted by Gasteiger charge is 2.37. The van der Waals surface area contributed by atoms with E-state index in [0.29, 0.717) is 10.2 Å². The number of alkyl halides is 3. The molecular formula is C20H15F3N6O3S2. The van der Waals surface area contributed by atoms with E-state index in [9.17, 15) is 26.4 Å². The quantitative estimate of drug-likeness (QED) is 0.404. The topological polar surface area (TPSA) is 118 Å². The minimum Gasteiger partial charge on any atom is -0.321 e. The first-order chi connectivity index (χ1) is 16.1. The molecule has 1 aliphatic carbocycles. The summed E-state index contributed by atoms with van der Waals surface area (Å²) >= 11 is 1.12. The number of carbonyl (C=O) groups excluding carboxylic acids is 1. The van der Waals surface area contributed by atoms with Crippen molar-refractivity contribution < 1.29 is 26.4 Å². The molecule has 1 amide bonds. The molecule has 0 saturated heterocycles. The number of amides is 1. The van der Waals surface area contributed by atoms with Gasteiger partial charge in [0.2, 0.25) is 0 Å². The number of fused-ring (bicyclic) bond motifs is 1. The van der Waals surface area contributed by atoms with Gasteiger partial charge in [0.15, 0.2) is 16.5 Å². The molecule has 0 unspecified atom stereocenters. The lowest BCUT2D eigenvalue weighted by molar-refractivity contribution is -0.142. The predicted octanol–water partition coefficient (Wildman–Crippen LogP) is 4.14. The van der Waals surface area contributed by atoms with Gasteiger partial charge in [-0.05, 0) is 43.2 Å². The molecule has 2 N–H and O–H groups in total. The average Bonchev–Trinajstić information content (AvgIpc) is 3.33. The molecule has 5 rings (SSSR count). The second-order valence-corrected chi connectivity index (χ2v) is 10.1. The minimum absolute atomic E-state index is 0.0156. The lowest BCUT2D eigenvalue weighted by atomic mass is 10.2. The Kier molecular flexibility index (Phi) is 5.28. The summed E-state index contributed by atoms with van der Waals surface area (Å²) in [5.41, 5.74) is -0.766. The van der Waals surface area contributed by atoms with E-state index in [1.54, 1.807) is 5.38 Å². The van der Waals surface area contributed by atoms with Gasteiger partial charge in [0.05, 0.1) is 4.90 Å². The highest BCUT2D eigenvalue weighted by molar-refractivity contribution is 7.93. The Morgan fingerprint density at radius 2 is 1.88 bits per heavy atom. The van der Waals surface area contributed by atoms with Crippen LogP contribution in [0.15, 0.2) is 52.9 Å². The Morgan fingerprint density at radius 3 is 2.50 bits per heavy atom. The number of sulfonamides is 1. The molecule has 0 atom stereocenters. The van der Waals surface area contributed by atoms with Gasteiger partial charge in [-0.2, -0.15) is 18.3 Å². The standard InChI is InChI=1S/C20H15F3N6O3S2/c21-20(22,23)16-9-14(11-1-2-11)26-17-10-15(27-29(16)17)18(30)25-12-3-5-13(6-4-12)34(31,32)28-19-24-7-8-33-19/h3-11H,1-2H2,(H,24,28)(H,25,30). The van der Waals surface area contributed by atoms with Crippen molar-refractivity contribution in [2.75, 3.05) is 10.0 Å². The number of halogens is 3. The molecule has 0 radical (unpaired) electrons. The van der Waals surface area contributed by atoms with Crippen molar-refractivity contribution >= 4 is 43.7 Å². The molecule has 34 heavy (non-hydrogen) atoms. The van der Waals surface area contributed by atoms with Crippen LogP contribution in [0.4, 0.5) is 24.0 Å². The number of hydrogen-bond donors (Lipinski definition) is 2. The minimum atomic E-state index is -4.67. The Balaban J connectivity index is 1.37. The monoisotopic (exact) mass is 508 g/mol. The van der Waals surface area contributed by atoms with E-state index in [0.717, 1.165) is 30.2 Å². The Hall–Kier alpha value is -3.52. The average molecular weight is 509 g/mol. The third kappa shape index (κ3) is 4.46. The van der Waals surface area contributed by atoms with E-state index in [4.69, 9.17) is 0 Å². The van der Waals surface area contributed by atoms with Crippen LogP contribution >= 0.6 is 11.3 Å². The van der Waals surface area contributed by atoms with Gasteiger partial charge in [0, 0.05) is 34.9 Å². The summed E-state index contributed by atoms with van der Waals surface area (Å²) < 4.78 is 68.4. The molecule has 176 valence electrons. The zero-order valence-corrected chi connectivity index (χ0v) is 18.7. The highest BCUT2D eigenvalue weighted by atomic mass is 32.2. The molecule has 1 saturated carbocycles. The van der Waals surface area contributed by atoms with Crippen LogP contribution < -0.4 is 10.0 Å². The number of hydrogen-bond acceptors (Lipinski definition) is 7. The summed E-state index contributed by atoms with van der Waals surface area (Å²) in [6.07, 6.45) is -1.67. The van der Waals surface area contributed by atoms with Gasteiger partial charge in [-0.1, -0.05) is 0 Å². The van der Waals surface area contributed by atoms with Gasteiger partial charge in [0.1, 0.15) is 5.69 Å². The first-order valence-corrected chi connectivity index (χ1v) is 12.3. The largest absolute Gasteiger partial charge is 0.433 e. The molecular weight excluding hydrogens is 493 g/mol. The maximum atomic E-state index is 13.5. The van der Waals surface area contributed by atoms with Crippen LogP contribution in [-0.4, -0.2) is 33.9 Å². The van der Waals surface area contributed by atoms with Crippen molar-refractivity contribution in [3.05, 3.63) is 65.1 Å². The number of carbonyl (C=O) groups is 1. The van der Waals surface area contributed by atoms with Crippen molar-refractivity contribution in [1.82, 2.24) is 19.6 Å². The number of benzene rings is 1. The molecule has 3 aromatic heterocycles. The lowest BCUT2D eigenvalue weighted by Crippen LogP contribution is -2.16. The van der Waals surface area contributed by atoms with E-state index >= 15 is 0 Å². The molecule has 1 fully saturated rings. The van der Waals surface area contributed by atoms with E-state index in [2.05, 4.69) is 25.1 Å². The summed E-state index contributed by atoms with van der Waals surface area (Å²) in [6.45, 7) is 0. The molecule has 1 aromatic carbocycles. The zero-order chi connectivity index (χ0) is 24.1. The van der Waals surface area contributed by atoms with E-state index in [-0.39, 0.29) is 33.0 Å². The first kappa shape index (κ1) is 22.3. The molecule has 3 heterocycles. The van der Waals surface area contributed by atoms with Crippen LogP contribution in [0.3, 0.4) is 0 Å². The maximum Gasteiger partial charge on any atom is 0.433 e. The molecule has 14 heteroatoms. The fourth-order valence-corrected chi connectivity index (χ4v) is 5.04. The maximum absolute atomic E-state index is 13.5. The summed E-state index contributed by atoms with van der Waals surface area (Å²) in [7, 11) is -3.87. The summed E-state index contributed by atoms with van der Waals surface area (Å²) in [6, 6.07) is 7.43. The molecule has 0 bridgehead atoms. The number of anilines is 2. The lowest BCUT2D eigenvalue weighted by Gasteiger charge is -2.10. The number of thiazole rings is 1. The molecule has 0 spiro atoms. The highest BCUT2D eigenvalue weighted by Crippen LogP contribution is 2.41. The fraction of sp³-hybridized carbons (Fsp3) is 0.200. The smallest absolute Gasteiger partial charge is 0.321 e. The Morgan fingerprint density at radius 1 is 1.15 bits per heavy atom. The second kappa shape index (κ2) is 8.06. The Labute approximate surface area is 194 Å². The van der Waals surface area contributed by atoms with Crippen molar-refractivity contribution in [2.24, 2.45) is 0 Å². The van der Waals surface area contributed by atoms with E-state index in [1.165, 1.54) is 36.5 Å². The first-order valence-electron chi connectivity index (χ1n) is 9.92. The van der Waals surface area contributed by atoms with Gasteiger partial charge >= 0.3 is 6.18 Å². The molecule has 9 nitrogen and oxygen atoms in total. The number of nitrogens with zero attached hydrogens (tertiary/aromatic N) is 4. The number of aromatic nitrogens is 4. The predicted molar refractivity (Wildman–Crippen MR) is 117 cm³/mol. The third-order valence-electron chi connectivity index (χ3n) is 5.04. The molecule has 0 aliphatic heterocycles. The summed E-state index contributed by atoms with van der Waals surface area (Å²) in [5.74, 6) is -0.777. The van der Waals surface area contributed by atoms with Crippen molar-refractivity contribution in [2.45, 2.75) is 29.8 Å². The van der Waals surface area contributed by atoms with Crippen LogP contribution in [-0.2, 0) is 16.2 Å². The normalized spacial score (nSPS) is 14.3. The third-order valence-corrected chi connectivity index (χ3v) is 7.21. The van der Waals surface area contributed by atoms with Crippen LogP contribution in [0.2, 0.25) is 0 Å². The zero-order valence-electron chi connectivity index (χ0n) is 17.1. The second-order valence-electron chi connectivity index (χ2n) is 7.56. The SMILES string of the molecule is O=C(Nc1ccc(S(=O)(=O)Nc2nccs2)cc1)c1cc2nc(C3CC3)cc(C(F)(F)F)n2n1. The van der Waals surface area contributed by atoms with Crippen LogP contribution in [0.5, 0.6) is 0 Å². The van der Waals surface area contributed by atoms with E-state index < -0.39 is 27.8 Å². The van der Waals surface area contributed by atoms with Gasteiger partial charge in [0.25, 0.3) is 15.9 Å². The summed E-state index contributed by atoms with van der Waals surface area (Å²) in [5, 5.41) is 8.14.